The number of rotatable bonds is 8. The number of methoxy groups -OCH3 is 1. The Morgan fingerprint density at radius 1 is 1.06 bits per heavy atom. The summed E-state index contributed by atoms with van der Waals surface area (Å²) in [7, 11) is 9.82. The Morgan fingerprint density at radius 2 is 1.74 bits per heavy atom. The van der Waals surface area contributed by atoms with Gasteiger partial charge in [-0.05, 0) is 106 Å². The number of cyclic esters (lactones) is 1. The molecule has 0 aromatic carbocycles. The highest BCUT2D eigenvalue weighted by molar-refractivity contribution is 6.04. The molecule has 3 aliphatic heterocycles. The van der Waals surface area contributed by atoms with E-state index in [4.69, 9.17) is 23.7 Å². The lowest BCUT2D eigenvalue weighted by atomic mass is 9.74. The molecule has 11 heteroatoms. The van der Waals surface area contributed by atoms with Gasteiger partial charge in [-0.1, -0.05) is 13.8 Å². The lowest BCUT2D eigenvalue weighted by Crippen LogP contribution is -2.59. The molecule has 3 heterocycles. The van der Waals surface area contributed by atoms with Crippen LogP contribution in [0.4, 0.5) is 0 Å². The van der Waals surface area contributed by atoms with Crippen LogP contribution >= 0.6 is 0 Å². The first-order valence-electron chi connectivity index (χ1n) is 17.9. The van der Waals surface area contributed by atoms with Gasteiger partial charge < -0.3 is 38.6 Å². The Labute approximate surface area is 283 Å². The molecule has 0 radical (unpaired) electrons. The minimum atomic E-state index is -1.41. The van der Waals surface area contributed by atoms with E-state index in [1.54, 1.807) is 27.9 Å². The number of Topliss-reactive ketones (excluding diaryl/α,β-unsaturated/α-hetero) is 1. The van der Waals surface area contributed by atoms with E-state index < -0.39 is 41.4 Å². The zero-order valence-corrected chi connectivity index (χ0v) is 31.1. The normalized spacial score (nSPS) is 42.8. The summed E-state index contributed by atoms with van der Waals surface area (Å²) in [5, 5.41) is 11.3. The quantitative estimate of drug-likeness (QED) is 0.305. The number of carbonyl (C=O) groups is 2. The Bertz CT molecular complexity index is 1050. The molecule has 4 aliphatic rings. The van der Waals surface area contributed by atoms with Gasteiger partial charge in [0.25, 0.3) is 0 Å². The van der Waals surface area contributed by atoms with Crippen LogP contribution in [0.2, 0.25) is 0 Å². The SMILES string of the molecule is CO[C@]1(C)C[C@@H](C)CN(C)C(C2CC(N(C)CC3CCCO3)C2)COC(=O)C(C)(C)C(=O)[C@H](C)[C@H]1O[C@@H]1OC(C)C[C@H](N(C)C)[C@H]1O. The van der Waals surface area contributed by atoms with Crippen LogP contribution in [-0.4, -0.2) is 148 Å². The molecule has 0 spiro atoms. The van der Waals surface area contributed by atoms with Gasteiger partial charge in [-0.3, -0.25) is 14.5 Å². The lowest BCUT2D eigenvalue weighted by Gasteiger charge is -2.48. The standard InChI is InChI=1S/C36H65N3O8/c1-22-18-36(6,43-11)32(47-33-30(40)28(37(7)8)15-23(2)46-33)24(3)31(41)35(4,5)34(42)45-21-29(39(10)19-22)25-16-26(17-25)38(9)20-27-13-12-14-44-27/h22-30,32-33,40H,12-21H2,1-11H3/t22-,23?,24+,25?,26?,27?,28+,29?,30-,32-,33+,36-/m1/s1. The van der Waals surface area contributed by atoms with Gasteiger partial charge in [0.05, 0.1) is 23.9 Å². The highest BCUT2D eigenvalue weighted by Crippen LogP contribution is 2.40. The van der Waals surface area contributed by atoms with Gasteiger partial charge in [-0.2, -0.15) is 0 Å². The largest absolute Gasteiger partial charge is 0.463 e. The minimum absolute atomic E-state index is 0.0361. The van der Waals surface area contributed by atoms with Crippen LogP contribution in [0.5, 0.6) is 0 Å². The zero-order valence-electron chi connectivity index (χ0n) is 31.1. The van der Waals surface area contributed by atoms with E-state index in [0.717, 1.165) is 45.4 Å². The van der Waals surface area contributed by atoms with E-state index in [9.17, 15) is 14.7 Å². The zero-order chi connectivity index (χ0) is 34.8. The third-order valence-electron chi connectivity index (χ3n) is 11.8. The first-order valence-corrected chi connectivity index (χ1v) is 17.9. The maximum absolute atomic E-state index is 14.3. The molecule has 0 aromatic heterocycles. The topological polar surface area (TPSA) is 110 Å². The van der Waals surface area contributed by atoms with Gasteiger partial charge in [-0.25, -0.2) is 0 Å². The van der Waals surface area contributed by atoms with Crippen molar-refractivity contribution in [3.8, 4) is 0 Å². The number of aliphatic hydroxyl groups excluding tert-OH is 1. The van der Waals surface area contributed by atoms with E-state index in [0.29, 0.717) is 30.9 Å². The number of esters is 1. The molecule has 0 amide bonds. The average molecular weight is 668 g/mol. The molecule has 0 aromatic rings. The summed E-state index contributed by atoms with van der Waals surface area (Å²) < 4.78 is 31.0. The Balaban J connectivity index is 1.56. The summed E-state index contributed by atoms with van der Waals surface area (Å²) in [6.07, 6.45) is 3.09. The second kappa shape index (κ2) is 15.8. The molecule has 10 atom stereocenters. The van der Waals surface area contributed by atoms with E-state index >= 15 is 0 Å². The molecule has 4 fully saturated rings. The molecule has 11 nitrogen and oxygen atoms in total. The van der Waals surface area contributed by atoms with Crippen LogP contribution in [0, 0.1) is 23.2 Å². The molecule has 272 valence electrons. The number of carbonyl (C=O) groups excluding carboxylic acids is 2. The van der Waals surface area contributed by atoms with Crippen molar-refractivity contribution in [1.82, 2.24) is 14.7 Å². The maximum Gasteiger partial charge on any atom is 0.319 e. The molecule has 1 N–H and O–H groups in total. The van der Waals surface area contributed by atoms with Gasteiger partial charge >= 0.3 is 5.97 Å². The highest BCUT2D eigenvalue weighted by Gasteiger charge is 2.52. The molecular formula is C36H65N3O8. The fourth-order valence-electron chi connectivity index (χ4n) is 8.62. The fraction of sp³-hybridized carbons (Fsp3) is 0.944. The predicted molar refractivity (Wildman–Crippen MR) is 180 cm³/mol. The second-order valence-corrected chi connectivity index (χ2v) is 16.3. The number of aliphatic hydroxyl groups is 1. The van der Waals surface area contributed by atoms with Crippen LogP contribution in [0.25, 0.3) is 0 Å². The van der Waals surface area contributed by atoms with Crippen molar-refractivity contribution in [2.75, 3.05) is 61.6 Å². The smallest absolute Gasteiger partial charge is 0.319 e. The van der Waals surface area contributed by atoms with Gasteiger partial charge in [0, 0.05) is 50.8 Å². The summed E-state index contributed by atoms with van der Waals surface area (Å²) in [4.78, 5) is 34.7. The third kappa shape index (κ3) is 8.77. The van der Waals surface area contributed by atoms with Crippen molar-refractivity contribution in [3.05, 3.63) is 0 Å². The van der Waals surface area contributed by atoms with Crippen LogP contribution < -0.4 is 0 Å². The first kappa shape index (κ1) is 38.6. The predicted octanol–water partition coefficient (Wildman–Crippen LogP) is 3.21. The molecule has 3 saturated heterocycles. The van der Waals surface area contributed by atoms with E-state index in [1.165, 1.54) is 0 Å². The maximum atomic E-state index is 14.3. The van der Waals surface area contributed by atoms with Crippen molar-refractivity contribution in [1.29, 1.82) is 0 Å². The van der Waals surface area contributed by atoms with Gasteiger partial charge in [-0.15, -0.1) is 0 Å². The second-order valence-electron chi connectivity index (χ2n) is 16.3. The minimum Gasteiger partial charge on any atom is -0.463 e. The Hall–Kier alpha value is -1.18. The molecule has 47 heavy (non-hydrogen) atoms. The van der Waals surface area contributed by atoms with Crippen molar-refractivity contribution in [2.24, 2.45) is 23.2 Å². The summed E-state index contributed by atoms with van der Waals surface area (Å²) in [5.41, 5.74) is -2.32. The number of hydrogen-bond acceptors (Lipinski definition) is 11. The summed E-state index contributed by atoms with van der Waals surface area (Å²) >= 11 is 0. The first-order chi connectivity index (χ1) is 22.0. The third-order valence-corrected chi connectivity index (χ3v) is 11.8. The summed E-state index contributed by atoms with van der Waals surface area (Å²) in [6, 6.07) is 0.348. The Morgan fingerprint density at radius 3 is 2.34 bits per heavy atom. The number of ether oxygens (including phenoxy) is 5. The average Bonchev–Trinajstić information content (AvgIpc) is 3.49. The highest BCUT2D eigenvalue weighted by atomic mass is 16.7. The summed E-state index contributed by atoms with van der Waals surface area (Å²) in [6.45, 7) is 14.0. The summed E-state index contributed by atoms with van der Waals surface area (Å²) in [5.74, 6) is -1.02. The molecule has 1 aliphatic carbocycles. The monoisotopic (exact) mass is 667 g/mol. The fourth-order valence-corrected chi connectivity index (χ4v) is 8.62. The molecular weight excluding hydrogens is 602 g/mol. The molecule has 1 saturated carbocycles. The van der Waals surface area contributed by atoms with E-state index in [-0.39, 0.29) is 36.5 Å². The van der Waals surface area contributed by atoms with E-state index in [1.807, 2.05) is 32.8 Å². The van der Waals surface area contributed by atoms with Crippen molar-refractivity contribution < 1.29 is 38.4 Å². The lowest BCUT2D eigenvalue weighted by molar-refractivity contribution is -0.295. The van der Waals surface area contributed by atoms with Crippen LogP contribution in [-0.2, 0) is 33.3 Å². The number of likely N-dealkylation sites (N-methyl/N-ethyl adjacent to an activating group) is 3. The van der Waals surface area contributed by atoms with Crippen LogP contribution in [0.15, 0.2) is 0 Å². The van der Waals surface area contributed by atoms with Crippen LogP contribution in [0.1, 0.15) is 80.1 Å². The van der Waals surface area contributed by atoms with E-state index in [2.05, 4.69) is 30.8 Å². The van der Waals surface area contributed by atoms with Crippen LogP contribution in [0.3, 0.4) is 0 Å². The molecule has 3 unspecified atom stereocenters. The van der Waals surface area contributed by atoms with Gasteiger partial charge in [0.1, 0.15) is 18.1 Å². The van der Waals surface area contributed by atoms with Crippen molar-refractivity contribution in [3.63, 3.8) is 0 Å². The van der Waals surface area contributed by atoms with Crippen molar-refractivity contribution in [2.45, 2.75) is 134 Å². The number of ketones is 1. The number of hydrogen-bond donors (Lipinski definition) is 1. The van der Waals surface area contributed by atoms with Gasteiger partial charge in [0.2, 0.25) is 0 Å². The molecule has 4 rings (SSSR count). The molecule has 0 bridgehead atoms. The Kier molecular flexibility index (Phi) is 13.0. The number of nitrogens with zero attached hydrogens (tertiary/aromatic N) is 3. The van der Waals surface area contributed by atoms with Crippen molar-refractivity contribution >= 4 is 11.8 Å². The van der Waals surface area contributed by atoms with Gasteiger partial charge in [0.15, 0.2) is 12.1 Å².